The zero-order valence-electron chi connectivity index (χ0n) is 19.0. The highest BCUT2D eigenvalue weighted by Gasteiger charge is 2.65. The summed E-state index contributed by atoms with van der Waals surface area (Å²) in [7, 11) is 3.82. The smallest absolute Gasteiger partial charge is 0.290 e. The van der Waals surface area contributed by atoms with Crippen molar-refractivity contribution in [2.45, 2.75) is 18.9 Å². The Morgan fingerprint density at radius 3 is 2.58 bits per heavy atom. The molecule has 1 aromatic carbocycles. The molecule has 2 amide bonds. The number of para-hydroxylation sites is 1. The van der Waals surface area contributed by atoms with Crippen LogP contribution in [0.3, 0.4) is 0 Å². The highest BCUT2D eigenvalue weighted by molar-refractivity contribution is 6.25. The summed E-state index contributed by atoms with van der Waals surface area (Å²) in [6, 6.07) is 10.1. The number of fused-ring (bicyclic) bond motifs is 2. The summed E-state index contributed by atoms with van der Waals surface area (Å²) in [4.78, 5) is 45.8. The number of aliphatic hydroxyl groups is 1. The topological polar surface area (TPSA) is 94.3 Å². The Kier molecular flexibility index (Phi) is 5.71. The molecule has 8 nitrogen and oxygen atoms in total. The van der Waals surface area contributed by atoms with Gasteiger partial charge < -0.3 is 24.2 Å². The van der Waals surface area contributed by atoms with Gasteiger partial charge in [0.1, 0.15) is 5.76 Å². The number of hydrogen-bond donors (Lipinski definition) is 1. The third kappa shape index (κ3) is 3.29. The quantitative estimate of drug-likeness (QED) is 0.492. The van der Waals surface area contributed by atoms with Crippen LogP contribution in [0.4, 0.5) is 5.69 Å². The molecule has 2 aliphatic rings. The summed E-state index contributed by atoms with van der Waals surface area (Å²) >= 11 is 0. The molecule has 1 spiro atoms. The van der Waals surface area contributed by atoms with E-state index >= 15 is 0 Å². The molecule has 0 bridgehead atoms. The lowest BCUT2D eigenvalue weighted by Gasteiger charge is -2.35. The minimum atomic E-state index is -1.77. The van der Waals surface area contributed by atoms with Crippen molar-refractivity contribution in [1.82, 2.24) is 9.80 Å². The van der Waals surface area contributed by atoms with Crippen LogP contribution in [0.2, 0.25) is 0 Å². The molecule has 1 atom stereocenters. The molecule has 8 heteroatoms. The molecule has 2 aromatic rings. The molecule has 0 radical (unpaired) electrons. The number of Topliss-reactive ketones (excluding diaryl/α,β-unsaturated/α-hetero) is 1. The monoisotopic (exact) mass is 449 g/mol. The Labute approximate surface area is 192 Å². The predicted molar refractivity (Wildman–Crippen MR) is 123 cm³/mol. The van der Waals surface area contributed by atoms with Crippen molar-refractivity contribution in [1.29, 1.82) is 0 Å². The summed E-state index contributed by atoms with van der Waals surface area (Å²) in [5.41, 5.74) is -0.991. The predicted octanol–water partition coefficient (Wildman–Crippen LogP) is 2.80. The third-order valence-electron chi connectivity index (χ3n) is 6.08. The van der Waals surface area contributed by atoms with Gasteiger partial charge in [0.05, 0.1) is 11.3 Å². The molecule has 0 fully saturated rings. The van der Waals surface area contributed by atoms with Gasteiger partial charge in [-0.05, 0) is 52.2 Å². The zero-order chi connectivity index (χ0) is 23.9. The molecule has 4 rings (SSSR count). The minimum Gasteiger partial charge on any atom is -0.503 e. The van der Waals surface area contributed by atoms with Crippen molar-refractivity contribution in [2.75, 3.05) is 38.6 Å². The molecule has 1 unspecified atom stereocenters. The van der Waals surface area contributed by atoms with Gasteiger partial charge in [0, 0.05) is 18.7 Å². The number of hydrogen-bond acceptors (Lipinski definition) is 6. The van der Waals surface area contributed by atoms with Crippen LogP contribution in [0.15, 0.2) is 64.8 Å². The lowest BCUT2D eigenvalue weighted by Crippen LogP contribution is -2.54. The average Bonchev–Trinajstić information content (AvgIpc) is 3.39. The van der Waals surface area contributed by atoms with Crippen LogP contribution < -0.4 is 4.90 Å². The van der Waals surface area contributed by atoms with Crippen LogP contribution in [0.25, 0.3) is 0 Å². The van der Waals surface area contributed by atoms with Crippen molar-refractivity contribution >= 4 is 23.3 Å². The molecule has 0 aliphatic carbocycles. The van der Waals surface area contributed by atoms with Gasteiger partial charge >= 0.3 is 0 Å². The first-order valence-corrected chi connectivity index (χ1v) is 10.8. The number of nitrogens with zero attached hydrogens (tertiary/aromatic N) is 3. The molecular formula is C25H27N3O5. The number of aliphatic hydroxyl groups excluding tert-OH is 1. The number of furan rings is 1. The Morgan fingerprint density at radius 1 is 1.21 bits per heavy atom. The van der Waals surface area contributed by atoms with E-state index in [0.717, 1.165) is 0 Å². The van der Waals surface area contributed by atoms with E-state index in [-0.39, 0.29) is 24.4 Å². The molecule has 1 N–H and O–H groups in total. The number of benzene rings is 1. The molecule has 0 saturated carbocycles. The van der Waals surface area contributed by atoms with Crippen LogP contribution in [-0.2, 0) is 15.1 Å². The largest absolute Gasteiger partial charge is 0.503 e. The first kappa shape index (κ1) is 22.5. The summed E-state index contributed by atoms with van der Waals surface area (Å²) in [5, 5.41) is 11.0. The van der Waals surface area contributed by atoms with Crippen molar-refractivity contribution in [3.63, 3.8) is 0 Å². The third-order valence-corrected chi connectivity index (χ3v) is 6.08. The van der Waals surface area contributed by atoms with Crippen molar-refractivity contribution < 1.29 is 23.9 Å². The van der Waals surface area contributed by atoms with E-state index in [9.17, 15) is 19.5 Å². The first-order chi connectivity index (χ1) is 15.7. The maximum absolute atomic E-state index is 14.1. The van der Waals surface area contributed by atoms with Crippen LogP contribution in [-0.4, -0.2) is 66.2 Å². The summed E-state index contributed by atoms with van der Waals surface area (Å²) < 4.78 is 5.52. The number of amides is 2. The van der Waals surface area contributed by atoms with Crippen LogP contribution in [0.5, 0.6) is 0 Å². The highest BCUT2D eigenvalue weighted by Crippen LogP contribution is 2.53. The van der Waals surface area contributed by atoms with Gasteiger partial charge in [-0.25, -0.2) is 0 Å². The number of carbonyl (C=O) groups is 3. The fourth-order valence-electron chi connectivity index (χ4n) is 4.71. The number of rotatable bonds is 8. The summed E-state index contributed by atoms with van der Waals surface area (Å²) in [6.07, 6.45) is 2.13. The average molecular weight is 450 g/mol. The Bertz CT molecular complexity index is 1180. The van der Waals surface area contributed by atoms with Gasteiger partial charge in [-0.3, -0.25) is 14.4 Å². The lowest BCUT2D eigenvalue weighted by atomic mass is 9.81. The van der Waals surface area contributed by atoms with Gasteiger partial charge in [0.15, 0.2) is 17.1 Å². The van der Waals surface area contributed by atoms with Gasteiger partial charge in [0.2, 0.25) is 5.78 Å². The van der Waals surface area contributed by atoms with Crippen LogP contribution in [0.1, 0.15) is 28.3 Å². The first-order valence-electron chi connectivity index (χ1n) is 10.8. The van der Waals surface area contributed by atoms with E-state index in [0.29, 0.717) is 30.0 Å². The van der Waals surface area contributed by atoms with Crippen molar-refractivity contribution in [3.05, 3.63) is 77.5 Å². The zero-order valence-corrected chi connectivity index (χ0v) is 19.0. The number of anilines is 1. The van der Waals surface area contributed by atoms with Gasteiger partial charge in [-0.2, -0.15) is 0 Å². The van der Waals surface area contributed by atoms with Gasteiger partial charge in [0.25, 0.3) is 11.8 Å². The van der Waals surface area contributed by atoms with Crippen LogP contribution >= 0.6 is 0 Å². The molecule has 0 saturated heterocycles. The standard InChI is InChI=1S/C25H27N3O5/c1-5-13-27-18-10-7-6-9-17(18)25(24(27)32)20(21(29)19-12-11-16(2)33-19)22(30)23(31)28(25)15-8-14-26(3)4/h5-7,9-12,30H,1,8,13-15H2,2-4H3. The van der Waals surface area contributed by atoms with Crippen LogP contribution in [0, 0.1) is 6.92 Å². The second kappa shape index (κ2) is 8.37. The van der Waals surface area contributed by atoms with E-state index < -0.39 is 28.9 Å². The molecule has 33 heavy (non-hydrogen) atoms. The number of ketones is 1. The SMILES string of the molecule is C=CCN1C(=O)C2(C(C(=O)c3ccc(C)o3)=C(O)C(=O)N2CCCN(C)C)c2ccccc21. The maximum atomic E-state index is 14.1. The lowest BCUT2D eigenvalue weighted by molar-refractivity contribution is -0.139. The van der Waals surface area contributed by atoms with E-state index in [1.165, 1.54) is 15.9 Å². The normalized spacial score (nSPS) is 19.9. The fourth-order valence-corrected chi connectivity index (χ4v) is 4.71. The Morgan fingerprint density at radius 2 is 1.94 bits per heavy atom. The maximum Gasteiger partial charge on any atom is 0.290 e. The molecule has 3 heterocycles. The summed E-state index contributed by atoms with van der Waals surface area (Å²) in [6.45, 7) is 6.47. The molecule has 2 aliphatic heterocycles. The Balaban J connectivity index is 1.94. The van der Waals surface area contributed by atoms with Crippen molar-refractivity contribution in [3.8, 4) is 0 Å². The van der Waals surface area contributed by atoms with Gasteiger partial charge in [-0.1, -0.05) is 24.3 Å². The van der Waals surface area contributed by atoms with E-state index in [4.69, 9.17) is 4.42 Å². The minimum absolute atomic E-state index is 0.0381. The molecular weight excluding hydrogens is 422 g/mol. The van der Waals surface area contributed by atoms with E-state index in [1.807, 2.05) is 19.0 Å². The number of carbonyl (C=O) groups excluding carboxylic acids is 3. The fraction of sp³-hybridized carbons (Fsp3) is 0.320. The second-order valence-corrected chi connectivity index (χ2v) is 8.51. The Hall–Kier alpha value is -3.65. The van der Waals surface area contributed by atoms with Crippen molar-refractivity contribution in [2.24, 2.45) is 0 Å². The molecule has 172 valence electrons. The second-order valence-electron chi connectivity index (χ2n) is 8.51. The van der Waals surface area contributed by atoms with E-state index in [2.05, 4.69) is 6.58 Å². The van der Waals surface area contributed by atoms with Gasteiger partial charge in [-0.15, -0.1) is 6.58 Å². The molecule has 1 aromatic heterocycles. The number of aryl methyl sites for hydroxylation is 1. The summed E-state index contributed by atoms with van der Waals surface area (Å²) in [5.74, 6) is -2.16. The van der Waals surface area contributed by atoms with E-state index in [1.54, 1.807) is 43.3 Å². The highest BCUT2D eigenvalue weighted by atomic mass is 16.3.